The molecule has 3 rings (SSSR count). The first-order valence-electron chi connectivity index (χ1n) is 7.52. The molecular formula is C15H22N2O3. The number of aryl methyl sites for hydroxylation is 1. The Bertz CT molecular complexity index is 491. The van der Waals surface area contributed by atoms with E-state index in [0.717, 1.165) is 30.6 Å². The van der Waals surface area contributed by atoms with Gasteiger partial charge >= 0.3 is 5.97 Å². The molecule has 0 bridgehead atoms. The molecule has 1 aliphatic carbocycles. The summed E-state index contributed by atoms with van der Waals surface area (Å²) in [4.78, 5) is 13.7. The van der Waals surface area contributed by atoms with Crippen molar-refractivity contribution in [1.29, 1.82) is 0 Å². The van der Waals surface area contributed by atoms with Gasteiger partial charge in [0.2, 0.25) is 0 Å². The molecule has 1 aromatic rings. The van der Waals surface area contributed by atoms with Gasteiger partial charge in [0.15, 0.2) is 0 Å². The zero-order valence-electron chi connectivity index (χ0n) is 12.0. The van der Waals surface area contributed by atoms with E-state index in [4.69, 9.17) is 4.52 Å². The number of hydrogen-bond donors (Lipinski definition) is 1. The first kappa shape index (κ1) is 13.6. The fourth-order valence-electron chi connectivity index (χ4n) is 3.96. The molecule has 0 aromatic carbocycles. The Hall–Kier alpha value is -1.36. The summed E-state index contributed by atoms with van der Waals surface area (Å²) in [6.45, 7) is 3.59. The standard InChI is InChI=1S/C15H22N2O3/c1-2-12-11(9-20-16-12)8-17-10-15(5-3-4-6-15)7-13(17)14(18)19/h9,13H,2-8,10H2,1H3,(H,18,19). The highest BCUT2D eigenvalue weighted by Crippen LogP contribution is 2.48. The lowest BCUT2D eigenvalue weighted by atomic mass is 9.84. The Morgan fingerprint density at radius 1 is 1.55 bits per heavy atom. The van der Waals surface area contributed by atoms with Crippen molar-refractivity contribution in [3.63, 3.8) is 0 Å². The number of likely N-dealkylation sites (tertiary alicyclic amines) is 1. The van der Waals surface area contributed by atoms with Crippen molar-refractivity contribution in [2.45, 2.75) is 58.0 Å². The molecule has 1 unspecified atom stereocenters. The predicted octanol–water partition coefficient (Wildman–Crippen LogP) is 2.46. The summed E-state index contributed by atoms with van der Waals surface area (Å²) in [6, 6.07) is -0.354. The number of hydrogen-bond acceptors (Lipinski definition) is 4. The van der Waals surface area contributed by atoms with E-state index < -0.39 is 5.97 Å². The van der Waals surface area contributed by atoms with Crippen LogP contribution in [0.15, 0.2) is 10.8 Å². The minimum atomic E-state index is -0.691. The summed E-state index contributed by atoms with van der Waals surface area (Å²) in [7, 11) is 0. The molecule has 1 aromatic heterocycles. The molecule has 1 aliphatic heterocycles. The van der Waals surface area contributed by atoms with Crippen molar-refractivity contribution in [2.75, 3.05) is 6.54 Å². The van der Waals surface area contributed by atoms with E-state index in [2.05, 4.69) is 10.1 Å². The molecule has 1 saturated heterocycles. The number of carboxylic acids is 1. The summed E-state index contributed by atoms with van der Waals surface area (Å²) >= 11 is 0. The summed E-state index contributed by atoms with van der Waals surface area (Å²) in [5.74, 6) is -0.691. The summed E-state index contributed by atoms with van der Waals surface area (Å²) in [5.41, 5.74) is 2.22. The number of carbonyl (C=O) groups is 1. The molecule has 2 fully saturated rings. The molecule has 1 N–H and O–H groups in total. The third-order valence-electron chi connectivity index (χ3n) is 4.99. The van der Waals surface area contributed by atoms with Crippen molar-refractivity contribution in [1.82, 2.24) is 10.1 Å². The fraction of sp³-hybridized carbons (Fsp3) is 0.733. The largest absolute Gasteiger partial charge is 0.480 e. The molecule has 2 aliphatic rings. The van der Waals surface area contributed by atoms with Crippen molar-refractivity contribution in [2.24, 2.45) is 5.41 Å². The van der Waals surface area contributed by atoms with Gasteiger partial charge in [0.25, 0.3) is 0 Å². The highest BCUT2D eigenvalue weighted by atomic mass is 16.5. The first-order chi connectivity index (χ1) is 9.63. The van der Waals surface area contributed by atoms with E-state index in [1.165, 1.54) is 25.7 Å². The van der Waals surface area contributed by atoms with Gasteiger partial charge in [-0.15, -0.1) is 0 Å². The Balaban J connectivity index is 1.78. The highest BCUT2D eigenvalue weighted by Gasteiger charge is 2.48. The highest BCUT2D eigenvalue weighted by molar-refractivity contribution is 5.74. The van der Waals surface area contributed by atoms with Crippen LogP contribution in [0.3, 0.4) is 0 Å². The number of rotatable bonds is 4. The average Bonchev–Trinajstić information content (AvgIpc) is 3.12. The summed E-state index contributed by atoms with van der Waals surface area (Å²) < 4.78 is 5.04. The van der Waals surface area contributed by atoms with Crippen molar-refractivity contribution in [3.8, 4) is 0 Å². The van der Waals surface area contributed by atoms with Crippen molar-refractivity contribution >= 4 is 5.97 Å². The van der Waals surface area contributed by atoms with E-state index >= 15 is 0 Å². The number of aromatic nitrogens is 1. The van der Waals surface area contributed by atoms with E-state index in [1.54, 1.807) is 6.26 Å². The summed E-state index contributed by atoms with van der Waals surface area (Å²) in [6.07, 6.45) is 8.13. The maximum absolute atomic E-state index is 11.6. The maximum Gasteiger partial charge on any atom is 0.320 e. The van der Waals surface area contributed by atoms with Gasteiger partial charge in [-0.25, -0.2) is 0 Å². The number of carboxylic acid groups (broad SMARTS) is 1. The van der Waals surface area contributed by atoms with Gasteiger partial charge in [0.05, 0.1) is 5.69 Å². The molecule has 0 amide bonds. The second-order valence-corrected chi connectivity index (χ2v) is 6.31. The van der Waals surface area contributed by atoms with Gasteiger partial charge in [-0.2, -0.15) is 0 Å². The fourth-order valence-corrected chi connectivity index (χ4v) is 3.96. The van der Waals surface area contributed by atoms with Crippen LogP contribution in [-0.2, 0) is 17.8 Å². The van der Waals surface area contributed by atoms with E-state index in [9.17, 15) is 9.90 Å². The van der Waals surface area contributed by atoms with Crippen LogP contribution in [0.2, 0.25) is 0 Å². The van der Waals surface area contributed by atoms with Gasteiger partial charge in [-0.05, 0) is 31.1 Å². The Kier molecular flexibility index (Phi) is 3.54. The van der Waals surface area contributed by atoms with Gasteiger partial charge in [-0.1, -0.05) is 24.9 Å². The van der Waals surface area contributed by atoms with Crippen LogP contribution in [0.4, 0.5) is 0 Å². The van der Waals surface area contributed by atoms with Gasteiger partial charge in [0.1, 0.15) is 12.3 Å². The Morgan fingerprint density at radius 3 is 2.95 bits per heavy atom. The second-order valence-electron chi connectivity index (χ2n) is 6.31. The minimum absolute atomic E-state index is 0.243. The maximum atomic E-state index is 11.6. The number of nitrogens with zero attached hydrogens (tertiary/aromatic N) is 2. The quantitative estimate of drug-likeness (QED) is 0.916. The summed E-state index contributed by atoms with van der Waals surface area (Å²) in [5, 5.41) is 13.5. The third kappa shape index (κ3) is 2.35. The van der Waals surface area contributed by atoms with Crippen LogP contribution in [0.1, 0.15) is 50.3 Å². The molecule has 1 saturated carbocycles. The normalized spacial score (nSPS) is 25.6. The van der Waals surface area contributed by atoms with Crippen LogP contribution in [0.5, 0.6) is 0 Å². The smallest absolute Gasteiger partial charge is 0.320 e. The zero-order valence-corrected chi connectivity index (χ0v) is 12.0. The molecule has 0 radical (unpaired) electrons. The lowest BCUT2D eigenvalue weighted by Gasteiger charge is -2.23. The average molecular weight is 278 g/mol. The van der Waals surface area contributed by atoms with Gasteiger partial charge in [0, 0.05) is 18.7 Å². The van der Waals surface area contributed by atoms with E-state index in [-0.39, 0.29) is 11.5 Å². The van der Waals surface area contributed by atoms with Crippen LogP contribution in [0.25, 0.3) is 0 Å². The Labute approximate surface area is 118 Å². The van der Waals surface area contributed by atoms with E-state index in [0.29, 0.717) is 6.54 Å². The number of aliphatic carboxylic acids is 1. The van der Waals surface area contributed by atoms with E-state index in [1.807, 2.05) is 6.92 Å². The lowest BCUT2D eigenvalue weighted by Crippen LogP contribution is -2.35. The van der Waals surface area contributed by atoms with Crippen LogP contribution >= 0.6 is 0 Å². The Morgan fingerprint density at radius 2 is 2.30 bits per heavy atom. The van der Waals surface area contributed by atoms with Crippen molar-refractivity contribution < 1.29 is 14.4 Å². The molecular weight excluding hydrogens is 256 g/mol. The molecule has 1 spiro atoms. The van der Waals surface area contributed by atoms with Crippen LogP contribution < -0.4 is 0 Å². The van der Waals surface area contributed by atoms with Gasteiger partial charge < -0.3 is 9.63 Å². The molecule has 5 nitrogen and oxygen atoms in total. The molecule has 2 heterocycles. The topological polar surface area (TPSA) is 66.6 Å². The lowest BCUT2D eigenvalue weighted by molar-refractivity contribution is -0.142. The first-order valence-corrected chi connectivity index (χ1v) is 7.52. The minimum Gasteiger partial charge on any atom is -0.480 e. The molecule has 5 heteroatoms. The van der Waals surface area contributed by atoms with Gasteiger partial charge in [-0.3, -0.25) is 9.69 Å². The molecule has 110 valence electrons. The molecule has 20 heavy (non-hydrogen) atoms. The monoisotopic (exact) mass is 278 g/mol. The predicted molar refractivity (Wildman–Crippen MR) is 73.2 cm³/mol. The third-order valence-corrected chi connectivity index (χ3v) is 4.99. The zero-order chi connectivity index (χ0) is 14.2. The second kappa shape index (κ2) is 5.20. The van der Waals surface area contributed by atoms with Crippen LogP contribution in [0, 0.1) is 5.41 Å². The van der Waals surface area contributed by atoms with Crippen LogP contribution in [-0.4, -0.2) is 33.7 Å². The van der Waals surface area contributed by atoms with Crippen molar-refractivity contribution in [3.05, 3.63) is 17.5 Å². The molecule has 1 atom stereocenters. The SMILES string of the molecule is CCc1nocc1CN1CC2(CCCC2)CC1C(=O)O.